The summed E-state index contributed by atoms with van der Waals surface area (Å²) >= 11 is 0. The van der Waals surface area contributed by atoms with Crippen LogP contribution in [0.4, 0.5) is 10.1 Å². The molecule has 1 fully saturated rings. The van der Waals surface area contributed by atoms with Gasteiger partial charge in [0, 0.05) is 25.2 Å². The topological polar surface area (TPSA) is 46.3 Å². The van der Waals surface area contributed by atoms with Crippen LogP contribution in [-0.2, 0) is 11.3 Å². The second-order valence-electron chi connectivity index (χ2n) is 6.07. The van der Waals surface area contributed by atoms with Gasteiger partial charge in [-0.1, -0.05) is 13.8 Å². The van der Waals surface area contributed by atoms with E-state index in [1.165, 1.54) is 12.1 Å². The number of nitrogen functional groups attached to an aromatic ring is 1. The molecule has 1 heterocycles. The average molecular weight is 264 g/mol. The molecule has 0 saturated carbocycles. The third-order valence-corrected chi connectivity index (χ3v) is 3.89. The quantitative estimate of drug-likeness (QED) is 0.835. The summed E-state index contributed by atoms with van der Waals surface area (Å²) in [5.74, 6) is -0.180. The summed E-state index contributed by atoms with van der Waals surface area (Å²) in [6, 6.07) is 4.31. The molecule has 1 amide bonds. The van der Waals surface area contributed by atoms with Gasteiger partial charge in [-0.05, 0) is 42.0 Å². The van der Waals surface area contributed by atoms with Gasteiger partial charge in [-0.15, -0.1) is 0 Å². The maximum atomic E-state index is 13.2. The van der Waals surface area contributed by atoms with E-state index in [-0.39, 0.29) is 17.1 Å². The standard InChI is InChI=1S/C15H21FN2O/c1-15(2)6-5-14(19)18(8-7-15)10-11-9-12(16)3-4-13(11)17/h3-4,9H,5-8,10,17H2,1-2H3. The maximum Gasteiger partial charge on any atom is 0.222 e. The first kappa shape index (κ1) is 13.8. The number of nitrogens with zero attached hydrogens (tertiary/aromatic N) is 1. The minimum Gasteiger partial charge on any atom is -0.398 e. The summed E-state index contributed by atoms with van der Waals surface area (Å²) in [5.41, 5.74) is 7.26. The Balaban J connectivity index is 2.13. The highest BCUT2D eigenvalue weighted by atomic mass is 19.1. The van der Waals surface area contributed by atoms with Crippen molar-refractivity contribution in [2.75, 3.05) is 12.3 Å². The molecule has 1 aromatic carbocycles. The minimum atomic E-state index is -0.313. The predicted octanol–water partition coefficient (Wildman–Crippen LogP) is 2.95. The molecule has 2 rings (SSSR count). The van der Waals surface area contributed by atoms with E-state index < -0.39 is 0 Å². The summed E-state index contributed by atoms with van der Waals surface area (Å²) in [5, 5.41) is 0. The number of anilines is 1. The Morgan fingerprint density at radius 1 is 1.37 bits per heavy atom. The van der Waals surface area contributed by atoms with Gasteiger partial charge in [0.25, 0.3) is 0 Å². The van der Waals surface area contributed by atoms with Crippen LogP contribution in [0.3, 0.4) is 0 Å². The molecule has 0 aliphatic carbocycles. The first-order chi connectivity index (χ1) is 8.87. The van der Waals surface area contributed by atoms with Gasteiger partial charge in [0.15, 0.2) is 0 Å². The number of carbonyl (C=O) groups excluding carboxylic acids is 1. The Hall–Kier alpha value is -1.58. The first-order valence-corrected chi connectivity index (χ1v) is 6.69. The predicted molar refractivity (Wildman–Crippen MR) is 73.9 cm³/mol. The van der Waals surface area contributed by atoms with Crippen LogP contribution in [0.5, 0.6) is 0 Å². The fourth-order valence-electron chi connectivity index (χ4n) is 2.37. The Bertz CT molecular complexity index is 485. The molecule has 19 heavy (non-hydrogen) atoms. The van der Waals surface area contributed by atoms with Gasteiger partial charge in [-0.25, -0.2) is 4.39 Å². The Kier molecular flexibility index (Phi) is 3.78. The van der Waals surface area contributed by atoms with E-state index >= 15 is 0 Å². The van der Waals surface area contributed by atoms with E-state index in [1.54, 1.807) is 11.0 Å². The van der Waals surface area contributed by atoms with Gasteiger partial charge in [-0.3, -0.25) is 4.79 Å². The van der Waals surface area contributed by atoms with Crippen molar-refractivity contribution in [3.8, 4) is 0 Å². The van der Waals surface area contributed by atoms with Gasteiger partial charge in [-0.2, -0.15) is 0 Å². The summed E-state index contributed by atoms with van der Waals surface area (Å²) in [6.07, 6.45) is 2.43. The number of benzene rings is 1. The van der Waals surface area contributed by atoms with Crippen LogP contribution in [0, 0.1) is 11.2 Å². The highest BCUT2D eigenvalue weighted by Crippen LogP contribution is 2.31. The zero-order valence-corrected chi connectivity index (χ0v) is 11.6. The minimum absolute atomic E-state index is 0.134. The van der Waals surface area contributed by atoms with Crippen LogP contribution in [0.15, 0.2) is 18.2 Å². The van der Waals surface area contributed by atoms with Gasteiger partial charge < -0.3 is 10.6 Å². The number of rotatable bonds is 2. The van der Waals surface area contributed by atoms with Crippen molar-refractivity contribution in [1.82, 2.24) is 4.90 Å². The Morgan fingerprint density at radius 3 is 2.84 bits per heavy atom. The highest BCUT2D eigenvalue weighted by molar-refractivity contribution is 5.76. The maximum absolute atomic E-state index is 13.2. The van der Waals surface area contributed by atoms with Crippen molar-refractivity contribution in [3.63, 3.8) is 0 Å². The molecule has 1 saturated heterocycles. The normalized spacial score (nSPS) is 19.3. The second-order valence-corrected chi connectivity index (χ2v) is 6.07. The second kappa shape index (κ2) is 5.19. The summed E-state index contributed by atoms with van der Waals surface area (Å²) in [7, 11) is 0. The van der Waals surface area contributed by atoms with Crippen molar-refractivity contribution in [2.24, 2.45) is 5.41 Å². The first-order valence-electron chi connectivity index (χ1n) is 6.69. The van der Waals surface area contributed by atoms with Gasteiger partial charge in [0.1, 0.15) is 5.82 Å². The molecule has 0 bridgehead atoms. The summed E-state index contributed by atoms with van der Waals surface area (Å²) in [6.45, 7) is 5.47. The monoisotopic (exact) mass is 264 g/mol. The molecular weight excluding hydrogens is 243 g/mol. The summed E-state index contributed by atoms with van der Waals surface area (Å²) in [4.78, 5) is 13.9. The number of hydrogen-bond donors (Lipinski definition) is 1. The smallest absolute Gasteiger partial charge is 0.222 e. The van der Waals surface area contributed by atoms with E-state index in [1.807, 2.05) is 0 Å². The van der Waals surface area contributed by atoms with Crippen molar-refractivity contribution in [3.05, 3.63) is 29.6 Å². The third kappa shape index (κ3) is 3.46. The number of carbonyl (C=O) groups is 1. The van der Waals surface area contributed by atoms with E-state index in [9.17, 15) is 9.18 Å². The highest BCUT2D eigenvalue weighted by Gasteiger charge is 2.27. The van der Waals surface area contributed by atoms with Crippen molar-refractivity contribution >= 4 is 11.6 Å². The van der Waals surface area contributed by atoms with Crippen LogP contribution >= 0.6 is 0 Å². The molecule has 3 nitrogen and oxygen atoms in total. The SMILES string of the molecule is CC1(C)CCC(=O)N(Cc2cc(F)ccc2N)CC1. The molecule has 1 aromatic rings. The van der Waals surface area contributed by atoms with Crippen LogP contribution in [0.1, 0.15) is 38.7 Å². The number of nitrogens with two attached hydrogens (primary N) is 1. The van der Waals surface area contributed by atoms with E-state index in [0.29, 0.717) is 30.8 Å². The van der Waals surface area contributed by atoms with E-state index in [4.69, 9.17) is 5.73 Å². The van der Waals surface area contributed by atoms with E-state index in [2.05, 4.69) is 13.8 Å². The molecule has 4 heteroatoms. The van der Waals surface area contributed by atoms with Gasteiger partial charge >= 0.3 is 0 Å². The molecule has 1 aliphatic heterocycles. The number of amides is 1. The van der Waals surface area contributed by atoms with Crippen LogP contribution in [-0.4, -0.2) is 17.4 Å². The molecule has 0 aromatic heterocycles. The van der Waals surface area contributed by atoms with Crippen molar-refractivity contribution < 1.29 is 9.18 Å². The fraction of sp³-hybridized carbons (Fsp3) is 0.533. The fourth-order valence-corrected chi connectivity index (χ4v) is 2.37. The lowest BCUT2D eigenvalue weighted by atomic mass is 9.85. The molecule has 0 atom stereocenters. The molecule has 104 valence electrons. The summed E-state index contributed by atoms with van der Waals surface area (Å²) < 4.78 is 13.2. The lowest BCUT2D eigenvalue weighted by Crippen LogP contribution is -2.30. The molecule has 0 spiro atoms. The van der Waals surface area contributed by atoms with Gasteiger partial charge in [0.2, 0.25) is 5.91 Å². The number of hydrogen-bond acceptors (Lipinski definition) is 2. The zero-order valence-electron chi connectivity index (χ0n) is 11.6. The molecule has 0 unspecified atom stereocenters. The molecule has 2 N–H and O–H groups in total. The molecular formula is C15H21FN2O. The van der Waals surface area contributed by atoms with Crippen LogP contribution in [0.2, 0.25) is 0 Å². The van der Waals surface area contributed by atoms with Crippen LogP contribution < -0.4 is 5.73 Å². The number of likely N-dealkylation sites (tertiary alicyclic amines) is 1. The average Bonchev–Trinajstić information content (AvgIpc) is 2.47. The Labute approximate surface area is 113 Å². The molecule has 0 radical (unpaired) electrons. The largest absolute Gasteiger partial charge is 0.398 e. The number of halogens is 1. The van der Waals surface area contributed by atoms with Crippen LogP contribution in [0.25, 0.3) is 0 Å². The third-order valence-electron chi connectivity index (χ3n) is 3.89. The molecule has 1 aliphatic rings. The zero-order chi connectivity index (χ0) is 14.0. The Morgan fingerprint density at radius 2 is 2.11 bits per heavy atom. The van der Waals surface area contributed by atoms with Crippen molar-refractivity contribution in [2.45, 2.75) is 39.7 Å². The lowest BCUT2D eigenvalue weighted by Gasteiger charge is -2.24. The lowest BCUT2D eigenvalue weighted by molar-refractivity contribution is -0.131. The van der Waals surface area contributed by atoms with E-state index in [0.717, 1.165) is 12.8 Å². The van der Waals surface area contributed by atoms with Gasteiger partial charge in [0.05, 0.1) is 0 Å². The van der Waals surface area contributed by atoms with Crippen molar-refractivity contribution in [1.29, 1.82) is 0 Å².